The lowest BCUT2D eigenvalue weighted by Gasteiger charge is -2.29. The highest BCUT2D eigenvalue weighted by molar-refractivity contribution is 6.01. The predicted molar refractivity (Wildman–Crippen MR) is 83.5 cm³/mol. The topological polar surface area (TPSA) is 38.8 Å². The van der Waals surface area contributed by atoms with Crippen molar-refractivity contribution in [3.8, 4) is 5.75 Å². The third-order valence-corrected chi connectivity index (χ3v) is 3.80. The summed E-state index contributed by atoms with van der Waals surface area (Å²) in [7, 11) is 0. The van der Waals surface area contributed by atoms with E-state index in [1.54, 1.807) is 0 Å². The monoisotopic (exact) mass is 285 g/mol. The van der Waals surface area contributed by atoms with Gasteiger partial charge >= 0.3 is 0 Å². The normalized spacial score (nSPS) is 15.2. The molecule has 21 heavy (non-hydrogen) atoms. The summed E-state index contributed by atoms with van der Waals surface area (Å²) in [6, 6.07) is 10.1. The van der Waals surface area contributed by atoms with Crippen molar-refractivity contribution in [2.24, 2.45) is 0 Å². The molecule has 110 valence electrons. The second-order valence-electron chi connectivity index (χ2n) is 5.03. The second-order valence-corrected chi connectivity index (χ2v) is 5.03. The number of carbonyl (C=O) groups is 1. The summed E-state index contributed by atoms with van der Waals surface area (Å²) in [5.41, 5.74) is 1.80. The van der Waals surface area contributed by atoms with Crippen LogP contribution in [0.2, 0.25) is 0 Å². The molecule has 4 heteroatoms. The van der Waals surface area contributed by atoms with Gasteiger partial charge in [-0.1, -0.05) is 12.1 Å². The maximum Gasteiger partial charge on any atom is 0.154 e. The lowest BCUT2D eigenvalue weighted by atomic mass is 10.0. The Morgan fingerprint density at radius 1 is 1.24 bits per heavy atom. The second kappa shape index (κ2) is 6.14. The van der Waals surface area contributed by atoms with Crippen molar-refractivity contribution >= 4 is 22.7 Å². The minimum atomic E-state index is 0.554. The standard InChI is InChI=1S/C17H19NO3/c1-2-21-17-6-3-13-11-14(18-7-9-20-10-8-18)4-5-15(13)16(17)12-19/h3-6,11-12H,2,7-10H2,1H3. The van der Waals surface area contributed by atoms with Crippen LogP contribution >= 0.6 is 0 Å². The largest absolute Gasteiger partial charge is 0.493 e. The summed E-state index contributed by atoms with van der Waals surface area (Å²) >= 11 is 0. The maximum atomic E-state index is 11.4. The predicted octanol–water partition coefficient (Wildman–Crippen LogP) is 2.89. The molecule has 1 saturated heterocycles. The van der Waals surface area contributed by atoms with Crippen molar-refractivity contribution in [3.63, 3.8) is 0 Å². The molecule has 1 fully saturated rings. The third-order valence-electron chi connectivity index (χ3n) is 3.80. The summed E-state index contributed by atoms with van der Waals surface area (Å²) in [4.78, 5) is 13.7. The summed E-state index contributed by atoms with van der Waals surface area (Å²) in [5.74, 6) is 0.652. The molecule has 4 nitrogen and oxygen atoms in total. The highest BCUT2D eigenvalue weighted by Gasteiger charge is 2.13. The van der Waals surface area contributed by atoms with E-state index >= 15 is 0 Å². The summed E-state index contributed by atoms with van der Waals surface area (Å²) in [6.45, 7) is 5.81. The van der Waals surface area contributed by atoms with Gasteiger partial charge in [0.2, 0.25) is 0 Å². The lowest BCUT2D eigenvalue weighted by molar-refractivity contribution is 0.112. The number of morpholine rings is 1. The Labute approximate surface area is 124 Å². The number of ether oxygens (including phenoxy) is 2. The van der Waals surface area contributed by atoms with Gasteiger partial charge in [0.05, 0.1) is 25.4 Å². The molecule has 0 aliphatic carbocycles. The van der Waals surface area contributed by atoms with Crippen LogP contribution in [0.15, 0.2) is 30.3 Å². The highest BCUT2D eigenvalue weighted by Crippen LogP contribution is 2.30. The van der Waals surface area contributed by atoms with Gasteiger partial charge in [0.25, 0.3) is 0 Å². The highest BCUT2D eigenvalue weighted by atomic mass is 16.5. The van der Waals surface area contributed by atoms with Crippen LogP contribution in [-0.4, -0.2) is 39.2 Å². The van der Waals surface area contributed by atoms with Crippen molar-refractivity contribution in [1.29, 1.82) is 0 Å². The number of fused-ring (bicyclic) bond motifs is 1. The number of benzene rings is 2. The fraction of sp³-hybridized carbons (Fsp3) is 0.353. The Kier molecular flexibility index (Phi) is 4.06. The van der Waals surface area contributed by atoms with Crippen LogP contribution in [-0.2, 0) is 4.74 Å². The zero-order valence-electron chi connectivity index (χ0n) is 12.2. The van der Waals surface area contributed by atoms with Gasteiger partial charge in [-0.05, 0) is 35.9 Å². The van der Waals surface area contributed by atoms with E-state index in [0.717, 1.165) is 43.4 Å². The molecule has 0 unspecified atom stereocenters. The van der Waals surface area contributed by atoms with E-state index in [2.05, 4.69) is 17.0 Å². The molecule has 1 heterocycles. The van der Waals surface area contributed by atoms with Crippen LogP contribution in [0.5, 0.6) is 5.75 Å². The number of nitrogens with zero attached hydrogens (tertiary/aromatic N) is 1. The molecule has 0 amide bonds. The van der Waals surface area contributed by atoms with Gasteiger partial charge in [0.1, 0.15) is 5.75 Å². The van der Waals surface area contributed by atoms with Gasteiger partial charge in [-0.25, -0.2) is 0 Å². The van der Waals surface area contributed by atoms with Gasteiger partial charge in [-0.2, -0.15) is 0 Å². The first-order valence-electron chi connectivity index (χ1n) is 7.31. The molecular formula is C17H19NO3. The molecule has 1 aliphatic rings. The number of anilines is 1. The molecular weight excluding hydrogens is 266 g/mol. The smallest absolute Gasteiger partial charge is 0.154 e. The molecule has 0 radical (unpaired) electrons. The van der Waals surface area contributed by atoms with Gasteiger partial charge in [0.15, 0.2) is 6.29 Å². The molecule has 0 bridgehead atoms. The van der Waals surface area contributed by atoms with Crippen LogP contribution < -0.4 is 9.64 Å². The van der Waals surface area contributed by atoms with E-state index in [9.17, 15) is 4.79 Å². The van der Waals surface area contributed by atoms with Crippen LogP contribution in [0.4, 0.5) is 5.69 Å². The van der Waals surface area contributed by atoms with Crippen LogP contribution in [0.1, 0.15) is 17.3 Å². The summed E-state index contributed by atoms with van der Waals surface area (Å²) in [5, 5.41) is 2.00. The Bertz CT molecular complexity index is 648. The molecule has 2 aromatic carbocycles. The Morgan fingerprint density at radius 2 is 2.05 bits per heavy atom. The average Bonchev–Trinajstić information content (AvgIpc) is 2.55. The van der Waals surface area contributed by atoms with E-state index < -0.39 is 0 Å². The van der Waals surface area contributed by atoms with Crippen LogP contribution in [0.25, 0.3) is 10.8 Å². The van der Waals surface area contributed by atoms with Crippen molar-refractivity contribution < 1.29 is 14.3 Å². The molecule has 0 atom stereocenters. The van der Waals surface area contributed by atoms with E-state index in [-0.39, 0.29) is 0 Å². The van der Waals surface area contributed by atoms with E-state index in [0.29, 0.717) is 17.9 Å². The molecule has 2 aromatic rings. The first kappa shape index (κ1) is 13.9. The number of hydrogen-bond acceptors (Lipinski definition) is 4. The van der Waals surface area contributed by atoms with Crippen LogP contribution in [0.3, 0.4) is 0 Å². The van der Waals surface area contributed by atoms with Gasteiger partial charge in [0, 0.05) is 18.8 Å². The molecule has 0 saturated carbocycles. The SMILES string of the molecule is CCOc1ccc2cc(N3CCOCC3)ccc2c1C=O. The van der Waals surface area contributed by atoms with Crippen molar-refractivity contribution in [3.05, 3.63) is 35.9 Å². The number of carbonyl (C=O) groups excluding carboxylic acids is 1. The lowest BCUT2D eigenvalue weighted by Crippen LogP contribution is -2.36. The van der Waals surface area contributed by atoms with Crippen molar-refractivity contribution in [2.75, 3.05) is 37.8 Å². The van der Waals surface area contributed by atoms with E-state index in [1.165, 1.54) is 5.69 Å². The van der Waals surface area contributed by atoms with E-state index in [4.69, 9.17) is 9.47 Å². The molecule has 0 aromatic heterocycles. The first-order chi connectivity index (χ1) is 10.3. The van der Waals surface area contributed by atoms with Crippen molar-refractivity contribution in [2.45, 2.75) is 6.92 Å². The molecule has 0 N–H and O–H groups in total. The minimum Gasteiger partial charge on any atom is -0.493 e. The molecule has 3 rings (SSSR count). The Hall–Kier alpha value is -2.07. The van der Waals surface area contributed by atoms with Gasteiger partial charge in [-0.15, -0.1) is 0 Å². The summed E-state index contributed by atoms with van der Waals surface area (Å²) < 4.78 is 10.9. The van der Waals surface area contributed by atoms with E-state index in [1.807, 2.05) is 25.1 Å². The number of rotatable bonds is 4. The van der Waals surface area contributed by atoms with Gasteiger partial charge < -0.3 is 14.4 Å². The molecule has 1 aliphatic heterocycles. The Morgan fingerprint density at radius 3 is 2.76 bits per heavy atom. The van der Waals surface area contributed by atoms with Gasteiger partial charge in [-0.3, -0.25) is 4.79 Å². The van der Waals surface area contributed by atoms with Crippen LogP contribution in [0, 0.1) is 0 Å². The maximum absolute atomic E-state index is 11.4. The third kappa shape index (κ3) is 2.72. The fourth-order valence-electron chi connectivity index (χ4n) is 2.74. The quantitative estimate of drug-likeness (QED) is 0.810. The zero-order valence-corrected chi connectivity index (χ0v) is 12.2. The fourth-order valence-corrected chi connectivity index (χ4v) is 2.74. The first-order valence-corrected chi connectivity index (χ1v) is 7.31. The average molecular weight is 285 g/mol. The minimum absolute atomic E-state index is 0.554. The number of hydrogen-bond donors (Lipinski definition) is 0. The zero-order chi connectivity index (χ0) is 14.7. The van der Waals surface area contributed by atoms with Crippen molar-refractivity contribution in [1.82, 2.24) is 0 Å². The Balaban J connectivity index is 2.02. The number of aldehydes is 1. The molecule has 0 spiro atoms. The summed E-state index contributed by atoms with van der Waals surface area (Å²) in [6.07, 6.45) is 0.877.